The average Bonchev–Trinajstić information content (AvgIpc) is 3.75. The Labute approximate surface area is 295 Å². The summed E-state index contributed by atoms with van der Waals surface area (Å²) in [6.07, 6.45) is 1.65. The van der Waals surface area contributed by atoms with E-state index in [1.165, 1.54) is 31.5 Å². The molecule has 0 saturated carbocycles. The van der Waals surface area contributed by atoms with Crippen LogP contribution in [-0.2, 0) is 0 Å². The molecule has 5 heteroatoms. The lowest BCUT2D eigenvalue weighted by Crippen LogP contribution is -2.74. The van der Waals surface area contributed by atoms with Crippen molar-refractivity contribution in [2.24, 2.45) is 0 Å². The zero-order chi connectivity index (χ0) is 33.8. The van der Waals surface area contributed by atoms with Crippen LogP contribution in [-0.4, -0.2) is 22.6 Å². The van der Waals surface area contributed by atoms with Crippen molar-refractivity contribution >= 4 is 72.7 Å². The minimum absolute atomic E-state index is 0.677. The lowest BCUT2D eigenvalue weighted by Gasteiger charge is -2.34. The van der Waals surface area contributed by atoms with Crippen LogP contribution in [0.15, 0.2) is 193 Å². The number of hydrogen-bond acceptors (Lipinski definition) is 3. The smallest absolute Gasteiger partial charge is 0.197 e. The van der Waals surface area contributed by atoms with E-state index in [2.05, 4.69) is 187 Å². The first-order valence-corrected chi connectivity index (χ1v) is 19.2. The molecule has 3 aromatic heterocycles. The summed E-state index contributed by atoms with van der Waals surface area (Å²) >= 11 is 0. The van der Waals surface area contributed by atoms with Crippen molar-refractivity contribution in [1.82, 2.24) is 14.5 Å². The van der Waals surface area contributed by atoms with Crippen LogP contribution in [0.3, 0.4) is 0 Å². The Balaban J connectivity index is 1.12. The first-order chi connectivity index (χ1) is 25.3. The van der Waals surface area contributed by atoms with E-state index < -0.39 is 8.07 Å². The molecule has 0 N–H and O–H groups in total. The highest BCUT2D eigenvalue weighted by Crippen LogP contribution is 2.37. The number of furan rings is 1. The predicted molar refractivity (Wildman–Crippen MR) is 213 cm³/mol. The molecule has 51 heavy (non-hydrogen) atoms. The van der Waals surface area contributed by atoms with Gasteiger partial charge in [0.1, 0.15) is 17.4 Å². The number of hydrogen-bond donors (Lipinski definition) is 0. The molecule has 0 aliphatic carbocycles. The normalized spacial score (nSPS) is 11.9. The molecule has 3 heterocycles. The molecule has 0 spiro atoms. The Morgan fingerprint density at radius 1 is 0.431 bits per heavy atom. The van der Waals surface area contributed by atoms with Gasteiger partial charge in [-0.15, -0.1) is 0 Å². The van der Waals surface area contributed by atoms with Gasteiger partial charge in [0, 0.05) is 16.2 Å². The van der Waals surface area contributed by atoms with E-state index in [0.717, 1.165) is 44.5 Å². The Bertz CT molecular complexity index is 2690. The summed E-state index contributed by atoms with van der Waals surface area (Å²) in [7, 11) is -2.60. The van der Waals surface area contributed by atoms with E-state index in [1.807, 2.05) is 0 Å². The largest absolute Gasteiger partial charge is 0.450 e. The first-order valence-electron chi connectivity index (χ1n) is 17.2. The van der Waals surface area contributed by atoms with Crippen LogP contribution in [0.2, 0.25) is 0 Å². The fourth-order valence-corrected chi connectivity index (χ4v) is 12.8. The molecule has 0 atom stereocenters. The fourth-order valence-electron chi connectivity index (χ4n) is 8.03. The van der Waals surface area contributed by atoms with Gasteiger partial charge in [-0.2, -0.15) is 0 Å². The van der Waals surface area contributed by atoms with Gasteiger partial charge in [0.15, 0.2) is 19.5 Å². The molecule has 0 unspecified atom stereocenters. The Morgan fingerprint density at radius 3 is 1.49 bits per heavy atom. The second-order valence-corrected chi connectivity index (χ2v) is 16.8. The third-order valence-electron chi connectivity index (χ3n) is 10.3. The van der Waals surface area contributed by atoms with E-state index >= 15 is 0 Å². The molecule has 0 amide bonds. The summed E-state index contributed by atoms with van der Waals surface area (Å²) in [6, 6.07) is 65.6. The van der Waals surface area contributed by atoms with Gasteiger partial charge in [-0.05, 0) is 56.1 Å². The van der Waals surface area contributed by atoms with E-state index in [9.17, 15) is 0 Å². The minimum Gasteiger partial charge on any atom is -0.450 e. The molecule has 0 bridgehead atoms. The highest BCUT2D eigenvalue weighted by atomic mass is 28.3. The number of aromatic nitrogens is 3. The van der Waals surface area contributed by atoms with E-state index in [1.54, 1.807) is 6.33 Å². The van der Waals surface area contributed by atoms with Crippen molar-refractivity contribution in [3.8, 4) is 16.9 Å². The Morgan fingerprint density at radius 2 is 0.922 bits per heavy atom. The average molecular weight is 670 g/mol. The third-order valence-corrected chi connectivity index (χ3v) is 15.1. The monoisotopic (exact) mass is 669 g/mol. The predicted octanol–water partition coefficient (Wildman–Crippen LogP) is 8.52. The molecule has 4 nitrogen and oxygen atoms in total. The quantitative estimate of drug-likeness (QED) is 0.132. The van der Waals surface area contributed by atoms with E-state index in [0.29, 0.717) is 5.58 Å². The van der Waals surface area contributed by atoms with Crippen molar-refractivity contribution in [3.05, 3.63) is 188 Å². The summed E-state index contributed by atoms with van der Waals surface area (Å²) in [6.45, 7) is 0. The molecule has 240 valence electrons. The minimum atomic E-state index is -2.60. The summed E-state index contributed by atoms with van der Waals surface area (Å²) < 4.78 is 8.76. The fraction of sp³-hybridized carbons (Fsp3) is 0. The van der Waals surface area contributed by atoms with Gasteiger partial charge in [0.2, 0.25) is 0 Å². The molecule has 0 aliphatic heterocycles. The first kappa shape index (κ1) is 29.4. The Hall–Kier alpha value is -6.56. The number of rotatable bonds is 6. The summed E-state index contributed by atoms with van der Waals surface area (Å²) in [5, 5.41) is 8.76. The highest BCUT2D eigenvalue weighted by Gasteiger charge is 2.41. The standard InChI is InChI=1S/C46H31N3OSi/c1-4-14-34(15-5-1)51(35-16-6-2-7-17-35,36-18-8-3-9-19-36)37-27-24-32(25-28-37)33-26-29-43-40(30-33)44-45(50-43)46(48-31-47-44)49-41-22-12-10-20-38(41)39-21-11-13-23-42(39)49/h1-31H. The van der Waals surface area contributed by atoms with Crippen LogP contribution in [0.25, 0.3) is 60.8 Å². The van der Waals surface area contributed by atoms with Gasteiger partial charge < -0.3 is 4.42 Å². The maximum Gasteiger partial charge on any atom is 0.197 e. The lowest BCUT2D eigenvalue weighted by atomic mass is 10.0. The van der Waals surface area contributed by atoms with Crippen molar-refractivity contribution in [2.45, 2.75) is 0 Å². The van der Waals surface area contributed by atoms with E-state index in [-0.39, 0.29) is 0 Å². The lowest BCUT2D eigenvalue weighted by molar-refractivity contribution is 0.662. The summed E-state index contributed by atoms with van der Waals surface area (Å²) in [5.41, 5.74) is 6.69. The van der Waals surface area contributed by atoms with Crippen molar-refractivity contribution in [3.63, 3.8) is 0 Å². The Kier molecular flexibility index (Phi) is 6.79. The number of benzene rings is 7. The molecule has 0 fully saturated rings. The maximum atomic E-state index is 6.57. The molecular weight excluding hydrogens is 639 g/mol. The number of nitrogens with zero attached hydrogens (tertiary/aromatic N) is 3. The van der Waals surface area contributed by atoms with Gasteiger partial charge in [0.05, 0.1) is 11.0 Å². The van der Waals surface area contributed by atoms with Crippen LogP contribution in [0.4, 0.5) is 0 Å². The van der Waals surface area contributed by atoms with Crippen molar-refractivity contribution in [2.75, 3.05) is 0 Å². The molecular formula is C46H31N3OSi. The van der Waals surface area contributed by atoms with Gasteiger partial charge in [-0.3, -0.25) is 4.57 Å². The highest BCUT2D eigenvalue weighted by molar-refractivity contribution is 7.19. The van der Waals surface area contributed by atoms with Crippen molar-refractivity contribution in [1.29, 1.82) is 0 Å². The molecule has 10 aromatic rings. The van der Waals surface area contributed by atoms with Gasteiger partial charge >= 0.3 is 0 Å². The second-order valence-electron chi connectivity index (χ2n) is 13.0. The molecule has 0 radical (unpaired) electrons. The van der Waals surface area contributed by atoms with Crippen LogP contribution < -0.4 is 20.7 Å². The zero-order valence-corrected chi connectivity index (χ0v) is 28.6. The van der Waals surface area contributed by atoms with Crippen molar-refractivity contribution < 1.29 is 4.42 Å². The zero-order valence-electron chi connectivity index (χ0n) is 27.6. The van der Waals surface area contributed by atoms with Crippen LogP contribution in [0.5, 0.6) is 0 Å². The molecule has 10 rings (SSSR count). The van der Waals surface area contributed by atoms with Crippen LogP contribution in [0, 0.1) is 0 Å². The second kappa shape index (κ2) is 11.8. The number of fused-ring (bicyclic) bond motifs is 6. The number of para-hydroxylation sites is 2. The SMILES string of the molecule is c1ccc([Si](c2ccccc2)(c2ccccc2)c2ccc(-c3ccc4oc5c(-n6c7ccccc7c7ccccc76)ncnc5c4c3)cc2)cc1. The van der Waals surface area contributed by atoms with Gasteiger partial charge in [-0.25, -0.2) is 9.97 Å². The van der Waals surface area contributed by atoms with Crippen LogP contribution in [0.1, 0.15) is 0 Å². The molecule has 0 aliphatic rings. The molecule has 7 aromatic carbocycles. The van der Waals surface area contributed by atoms with E-state index in [4.69, 9.17) is 14.4 Å². The third kappa shape index (κ3) is 4.52. The molecule has 0 saturated heterocycles. The topological polar surface area (TPSA) is 43.9 Å². The van der Waals surface area contributed by atoms with Gasteiger partial charge in [0.25, 0.3) is 0 Å². The van der Waals surface area contributed by atoms with Gasteiger partial charge in [-0.1, -0.05) is 158 Å². The summed E-state index contributed by atoms with van der Waals surface area (Å²) in [4.78, 5) is 9.56. The maximum absolute atomic E-state index is 6.57. The van der Waals surface area contributed by atoms with Crippen LogP contribution >= 0.6 is 0 Å². The summed E-state index contributed by atoms with van der Waals surface area (Å²) in [5.74, 6) is 0.739.